The van der Waals surface area contributed by atoms with Gasteiger partial charge in [0.25, 0.3) is 5.91 Å². The molecule has 0 aliphatic heterocycles. The standard InChI is InChI=1S/C26H21BrCl2N2O4/c1-3-34-21-6-4-5-20(13-21)31-26(32)18(14-30)9-16-10-22(27)25(24(11-16)33-2)35-15-17-7-8-19(28)12-23(17)29/h4-13H,3,15H2,1-2H3,(H,31,32)/b18-9+. The summed E-state index contributed by atoms with van der Waals surface area (Å²) in [5.41, 5.74) is 1.76. The number of carbonyl (C=O) groups excluding carboxylic acids is 1. The number of nitrogens with one attached hydrogen (secondary N) is 1. The lowest BCUT2D eigenvalue weighted by Crippen LogP contribution is -2.13. The van der Waals surface area contributed by atoms with Crippen LogP contribution in [0, 0.1) is 11.3 Å². The van der Waals surface area contributed by atoms with Crippen molar-refractivity contribution in [3.63, 3.8) is 0 Å². The maximum atomic E-state index is 12.7. The largest absolute Gasteiger partial charge is 0.494 e. The number of ether oxygens (including phenoxy) is 3. The number of carbonyl (C=O) groups is 1. The summed E-state index contributed by atoms with van der Waals surface area (Å²) >= 11 is 15.7. The minimum absolute atomic E-state index is 0.0811. The van der Waals surface area contributed by atoms with Gasteiger partial charge in [-0.15, -0.1) is 0 Å². The Morgan fingerprint density at radius 2 is 1.94 bits per heavy atom. The van der Waals surface area contributed by atoms with Crippen LogP contribution in [0.3, 0.4) is 0 Å². The van der Waals surface area contributed by atoms with Crippen molar-refractivity contribution in [1.82, 2.24) is 0 Å². The second kappa shape index (κ2) is 12.5. The van der Waals surface area contributed by atoms with Gasteiger partial charge in [-0.2, -0.15) is 5.26 Å². The average Bonchev–Trinajstić information content (AvgIpc) is 2.83. The van der Waals surface area contributed by atoms with Crippen LogP contribution in [0.2, 0.25) is 10.0 Å². The summed E-state index contributed by atoms with van der Waals surface area (Å²) < 4.78 is 17.4. The molecular formula is C26H21BrCl2N2O4. The molecule has 35 heavy (non-hydrogen) atoms. The molecular weight excluding hydrogens is 555 g/mol. The molecule has 0 heterocycles. The van der Waals surface area contributed by atoms with Gasteiger partial charge < -0.3 is 19.5 Å². The number of anilines is 1. The monoisotopic (exact) mass is 574 g/mol. The van der Waals surface area contributed by atoms with Crippen LogP contribution in [-0.2, 0) is 11.4 Å². The molecule has 1 N–H and O–H groups in total. The topological polar surface area (TPSA) is 80.6 Å². The molecule has 0 saturated carbocycles. The maximum absolute atomic E-state index is 12.7. The van der Waals surface area contributed by atoms with Crippen molar-refractivity contribution in [2.45, 2.75) is 13.5 Å². The highest BCUT2D eigenvalue weighted by Gasteiger charge is 2.15. The molecule has 0 bridgehead atoms. The fraction of sp³-hybridized carbons (Fsp3) is 0.154. The molecule has 0 aliphatic carbocycles. The average molecular weight is 576 g/mol. The molecule has 0 aliphatic rings. The minimum atomic E-state index is -0.547. The van der Waals surface area contributed by atoms with E-state index in [0.29, 0.717) is 49.6 Å². The van der Waals surface area contributed by atoms with Gasteiger partial charge in [-0.25, -0.2) is 0 Å². The number of benzene rings is 3. The summed E-state index contributed by atoms with van der Waals surface area (Å²) in [6, 6.07) is 17.4. The van der Waals surface area contributed by atoms with Gasteiger partial charge in [0.1, 0.15) is 24.0 Å². The van der Waals surface area contributed by atoms with E-state index in [9.17, 15) is 10.1 Å². The number of amides is 1. The lowest BCUT2D eigenvalue weighted by Gasteiger charge is -2.14. The van der Waals surface area contributed by atoms with Crippen LogP contribution in [0.1, 0.15) is 18.1 Å². The zero-order chi connectivity index (χ0) is 25.4. The number of nitrogens with zero attached hydrogens (tertiary/aromatic N) is 1. The first-order chi connectivity index (χ1) is 16.8. The van der Waals surface area contributed by atoms with Crippen molar-refractivity contribution in [2.24, 2.45) is 0 Å². The molecule has 0 aromatic heterocycles. The number of nitriles is 1. The number of halogens is 3. The molecule has 9 heteroatoms. The van der Waals surface area contributed by atoms with Crippen LogP contribution in [-0.4, -0.2) is 19.6 Å². The lowest BCUT2D eigenvalue weighted by molar-refractivity contribution is -0.112. The van der Waals surface area contributed by atoms with E-state index in [1.807, 2.05) is 13.0 Å². The molecule has 3 aromatic rings. The fourth-order valence-corrected chi connectivity index (χ4v) is 4.13. The van der Waals surface area contributed by atoms with E-state index in [1.54, 1.807) is 54.6 Å². The highest BCUT2D eigenvalue weighted by Crippen LogP contribution is 2.38. The summed E-state index contributed by atoms with van der Waals surface area (Å²) in [6.45, 7) is 2.56. The van der Waals surface area contributed by atoms with Gasteiger partial charge in [0.2, 0.25) is 0 Å². The van der Waals surface area contributed by atoms with E-state index in [1.165, 1.54) is 13.2 Å². The van der Waals surface area contributed by atoms with E-state index in [-0.39, 0.29) is 12.2 Å². The molecule has 0 atom stereocenters. The highest BCUT2D eigenvalue weighted by atomic mass is 79.9. The van der Waals surface area contributed by atoms with Crippen molar-refractivity contribution < 1.29 is 19.0 Å². The van der Waals surface area contributed by atoms with Gasteiger partial charge in [0.05, 0.1) is 18.2 Å². The van der Waals surface area contributed by atoms with Crippen LogP contribution in [0.5, 0.6) is 17.2 Å². The first-order valence-corrected chi connectivity index (χ1v) is 12.0. The van der Waals surface area contributed by atoms with E-state index in [4.69, 9.17) is 37.4 Å². The molecule has 3 aromatic carbocycles. The number of hydrogen-bond acceptors (Lipinski definition) is 5. The number of hydrogen-bond donors (Lipinski definition) is 1. The molecule has 0 spiro atoms. The van der Waals surface area contributed by atoms with E-state index in [0.717, 1.165) is 5.56 Å². The van der Waals surface area contributed by atoms with E-state index >= 15 is 0 Å². The molecule has 0 radical (unpaired) electrons. The molecule has 180 valence electrons. The number of rotatable bonds is 9. The fourth-order valence-electron chi connectivity index (χ4n) is 3.10. The van der Waals surface area contributed by atoms with Crippen molar-refractivity contribution in [1.29, 1.82) is 5.26 Å². The third-order valence-corrected chi connectivity index (χ3v) is 5.89. The normalized spacial score (nSPS) is 10.9. The van der Waals surface area contributed by atoms with Gasteiger partial charge in [0.15, 0.2) is 11.5 Å². The smallest absolute Gasteiger partial charge is 0.266 e. The second-order valence-corrected chi connectivity index (χ2v) is 8.84. The van der Waals surface area contributed by atoms with Crippen molar-refractivity contribution in [3.8, 4) is 23.3 Å². The van der Waals surface area contributed by atoms with Crippen LogP contribution < -0.4 is 19.5 Å². The quantitative estimate of drug-likeness (QED) is 0.214. The predicted octanol–water partition coefficient (Wildman–Crippen LogP) is 7.29. The molecule has 0 saturated heterocycles. The minimum Gasteiger partial charge on any atom is -0.494 e. The van der Waals surface area contributed by atoms with Gasteiger partial charge in [-0.1, -0.05) is 35.3 Å². The van der Waals surface area contributed by atoms with Gasteiger partial charge in [0, 0.05) is 27.4 Å². The Hall–Kier alpha value is -3.18. The van der Waals surface area contributed by atoms with Gasteiger partial charge in [-0.05, 0) is 70.9 Å². The molecule has 6 nitrogen and oxygen atoms in total. The summed E-state index contributed by atoms with van der Waals surface area (Å²) in [5, 5.41) is 13.3. The first-order valence-electron chi connectivity index (χ1n) is 10.4. The van der Waals surface area contributed by atoms with E-state index < -0.39 is 5.91 Å². The van der Waals surface area contributed by atoms with Gasteiger partial charge in [-0.3, -0.25) is 4.79 Å². The van der Waals surface area contributed by atoms with Crippen LogP contribution in [0.25, 0.3) is 6.08 Å². The predicted molar refractivity (Wildman–Crippen MR) is 141 cm³/mol. The Balaban J connectivity index is 1.81. The Kier molecular flexibility index (Phi) is 9.44. The Labute approximate surface area is 222 Å². The van der Waals surface area contributed by atoms with Crippen molar-refractivity contribution in [3.05, 3.63) is 85.8 Å². The van der Waals surface area contributed by atoms with Crippen LogP contribution >= 0.6 is 39.1 Å². The third kappa shape index (κ3) is 7.15. The third-order valence-electron chi connectivity index (χ3n) is 4.72. The Bertz CT molecular complexity index is 1300. The zero-order valence-electron chi connectivity index (χ0n) is 18.9. The summed E-state index contributed by atoms with van der Waals surface area (Å²) in [6.07, 6.45) is 1.47. The zero-order valence-corrected chi connectivity index (χ0v) is 22.0. The van der Waals surface area contributed by atoms with Crippen LogP contribution in [0.15, 0.2) is 64.6 Å². The Morgan fingerprint density at radius 3 is 2.63 bits per heavy atom. The summed E-state index contributed by atoms with van der Waals surface area (Å²) in [7, 11) is 1.50. The summed E-state index contributed by atoms with van der Waals surface area (Å²) in [5.74, 6) is 0.940. The highest BCUT2D eigenvalue weighted by molar-refractivity contribution is 9.10. The first kappa shape index (κ1) is 26.4. The maximum Gasteiger partial charge on any atom is 0.266 e. The molecule has 0 unspecified atom stereocenters. The Morgan fingerprint density at radius 1 is 1.14 bits per heavy atom. The molecule has 0 fully saturated rings. The summed E-state index contributed by atoms with van der Waals surface area (Å²) in [4.78, 5) is 12.7. The number of methoxy groups -OCH3 is 1. The van der Waals surface area contributed by atoms with E-state index in [2.05, 4.69) is 21.2 Å². The molecule has 1 amide bonds. The van der Waals surface area contributed by atoms with Gasteiger partial charge >= 0.3 is 0 Å². The lowest BCUT2D eigenvalue weighted by atomic mass is 10.1. The SMILES string of the molecule is CCOc1cccc(NC(=O)/C(C#N)=C/c2cc(Br)c(OCc3ccc(Cl)cc3Cl)c(OC)c2)c1. The van der Waals surface area contributed by atoms with Crippen LogP contribution in [0.4, 0.5) is 5.69 Å². The second-order valence-electron chi connectivity index (χ2n) is 7.14. The van der Waals surface area contributed by atoms with Crippen molar-refractivity contribution >= 4 is 56.8 Å². The molecule has 3 rings (SSSR count). The van der Waals surface area contributed by atoms with Crippen molar-refractivity contribution in [2.75, 3.05) is 19.0 Å².